The largest absolute Gasteiger partial charge is 0.396 e. The highest BCUT2D eigenvalue weighted by Gasteiger charge is 2.27. The molecule has 4 rings (SSSR count). The molecule has 1 saturated carbocycles. The highest BCUT2D eigenvalue weighted by Crippen LogP contribution is 2.37. The maximum absolute atomic E-state index is 13.0. The van der Waals surface area contributed by atoms with E-state index in [0.717, 1.165) is 40.1 Å². The summed E-state index contributed by atoms with van der Waals surface area (Å²) in [5.74, 6) is 1.07. The first-order valence-corrected chi connectivity index (χ1v) is 10.9. The van der Waals surface area contributed by atoms with E-state index in [1.807, 2.05) is 31.2 Å². The van der Waals surface area contributed by atoms with E-state index in [9.17, 15) is 13.9 Å². The van der Waals surface area contributed by atoms with Gasteiger partial charge >= 0.3 is 0 Å². The van der Waals surface area contributed by atoms with E-state index in [2.05, 4.69) is 20.6 Å². The summed E-state index contributed by atoms with van der Waals surface area (Å²) in [6.45, 7) is 0.335. The average molecular weight is 434 g/mol. The van der Waals surface area contributed by atoms with Crippen LogP contribution in [0, 0.1) is 12.8 Å². The number of nitrogens with one attached hydrogen (secondary N) is 2. The van der Waals surface area contributed by atoms with Gasteiger partial charge in [-0.1, -0.05) is 12.1 Å². The zero-order valence-electron chi connectivity index (χ0n) is 16.7. The van der Waals surface area contributed by atoms with Crippen LogP contribution < -0.4 is 10.6 Å². The standard InChI is InChI=1S/C21H25F2N5OS/c1-12-18(20-27-16-4-2-3-5-17(16)30-20)19(25-14-7-6-13(8-14)11-29)28-21(24-12)26-15(9-22)10-23/h2-5,13-15,29H,6-11H2,1H3,(H2,24,25,26,28)/t13-,14+/m1/s1. The van der Waals surface area contributed by atoms with Gasteiger partial charge in [0.15, 0.2) is 0 Å². The number of para-hydroxylation sites is 1. The second-order valence-electron chi connectivity index (χ2n) is 7.70. The number of hydrogen-bond acceptors (Lipinski definition) is 7. The minimum absolute atomic E-state index is 0.163. The fraction of sp³-hybridized carbons (Fsp3) is 0.476. The Bertz CT molecular complexity index is 977. The van der Waals surface area contributed by atoms with Crippen LogP contribution in [0.3, 0.4) is 0 Å². The van der Waals surface area contributed by atoms with Crippen LogP contribution in [0.5, 0.6) is 0 Å². The molecule has 0 spiro atoms. The number of rotatable bonds is 8. The van der Waals surface area contributed by atoms with Crippen LogP contribution in [0.15, 0.2) is 24.3 Å². The summed E-state index contributed by atoms with van der Waals surface area (Å²) in [5.41, 5.74) is 2.38. The molecular weight excluding hydrogens is 408 g/mol. The van der Waals surface area contributed by atoms with Gasteiger partial charge in [0, 0.05) is 12.6 Å². The number of anilines is 2. The third-order valence-electron chi connectivity index (χ3n) is 5.44. The van der Waals surface area contributed by atoms with Crippen molar-refractivity contribution in [3.05, 3.63) is 30.0 Å². The maximum Gasteiger partial charge on any atom is 0.225 e. The molecule has 0 saturated heterocycles. The number of aliphatic hydroxyl groups excluding tert-OH is 1. The van der Waals surface area contributed by atoms with Crippen LogP contribution in [0.1, 0.15) is 25.0 Å². The van der Waals surface area contributed by atoms with Crippen LogP contribution >= 0.6 is 11.3 Å². The summed E-state index contributed by atoms with van der Waals surface area (Å²) in [5, 5.41) is 16.5. The SMILES string of the molecule is Cc1nc(NC(CF)CF)nc(N[C@H]2CC[C@@H](CO)C2)c1-c1nc2ccccc2s1. The molecule has 1 fully saturated rings. The van der Waals surface area contributed by atoms with E-state index < -0.39 is 19.4 Å². The predicted octanol–water partition coefficient (Wildman–Crippen LogP) is 4.35. The van der Waals surface area contributed by atoms with Crippen molar-refractivity contribution in [2.45, 2.75) is 38.3 Å². The molecule has 1 aliphatic carbocycles. The lowest BCUT2D eigenvalue weighted by Gasteiger charge is -2.19. The molecule has 2 heterocycles. The van der Waals surface area contributed by atoms with E-state index >= 15 is 0 Å². The molecular formula is C21H25F2N5OS. The Labute approximate surface area is 177 Å². The number of hydrogen-bond donors (Lipinski definition) is 3. The molecule has 0 bridgehead atoms. The summed E-state index contributed by atoms with van der Waals surface area (Å²) in [7, 11) is 0. The van der Waals surface area contributed by atoms with Gasteiger partial charge in [0.25, 0.3) is 0 Å². The number of aromatic nitrogens is 3. The van der Waals surface area contributed by atoms with Gasteiger partial charge in [0.2, 0.25) is 5.95 Å². The summed E-state index contributed by atoms with van der Waals surface area (Å²) >= 11 is 1.56. The van der Waals surface area contributed by atoms with E-state index in [1.165, 1.54) is 0 Å². The van der Waals surface area contributed by atoms with E-state index in [4.69, 9.17) is 4.98 Å². The van der Waals surface area contributed by atoms with Crippen LogP contribution in [-0.2, 0) is 0 Å². The first-order chi connectivity index (χ1) is 14.6. The lowest BCUT2D eigenvalue weighted by molar-refractivity contribution is 0.229. The van der Waals surface area contributed by atoms with Crippen LogP contribution in [0.4, 0.5) is 20.5 Å². The number of nitrogens with zero attached hydrogens (tertiary/aromatic N) is 3. The van der Waals surface area contributed by atoms with Crippen molar-refractivity contribution in [1.82, 2.24) is 15.0 Å². The minimum atomic E-state index is -0.976. The molecule has 3 N–H and O–H groups in total. The van der Waals surface area contributed by atoms with Crippen molar-refractivity contribution in [2.75, 3.05) is 30.6 Å². The Morgan fingerprint density at radius 3 is 2.67 bits per heavy atom. The van der Waals surface area contributed by atoms with Gasteiger partial charge in [-0.05, 0) is 44.2 Å². The van der Waals surface area contributed by atoms with E-state index in [1.54, 1.807) is 11.3 Å². The molecule has 2 aromatic heterocycles. The Morgan fingerprint density at radius 1 is 1.17 bits per heavy atom. The summed E-state index contributed by atoms with van der Waals surface area (Å²) in [6, 6.07) is 7.09. The lowest BCUT2D eigenvalue weighted by atomic mass is 10.1. The fourth-order valence-electron chi connectivity index (χ4n) is 3.84. The van der Waals surface area contributed by atoms with Gasteiger partial charge in [-0.15, -0.1) is 11.3 Å². The molecule has 2 atom stereocenters. The first kappa shape index (κ1) is 20.9. The summed E-state index contributed by atoms with van der Waals surface area (Å²) in [6.07, 6.45) is 2.72. The van der Waals surface area contributed by atoms with Crippen LogP contribution in [0.25, 0.3) is 20.8 Å². The number of thiazole rings is 1. The fourth-order valence-corrected chi connectivity index (χ4v) is 4.91. The molecule has 30 heavy (non-hydrogen) atoms. The Balaban J connectivity index is 1.73. The zero-order valence-corrected chi connectivity index (χ0v) is 17.6. The van der Waals surface area contributed by atoms with Crippen molar-refractivity contribution < 1.29 is 13.9 Å². The number of aliphatic hydroxyl groups is 1. The molecule has 6 nitrogen and oxygen atoms in total. The Hall–Kier alpha value is -2.39. The van der Waals surface area contributed by atoms with Crippen LogP contribution in [-0.4, -0.2) is 52.1 Å². The number of alkyl halides is 2. The highest BCUT2D eigenvalue weighted by molar-refractivity contribution is 7.21. The third kappa shape index (κ3) is 4.37. The highest BCUT2D eigenvalue weighted by atomic mass is 32.1. The summed E-state index contributed by atoms with van der Waals surface area (Å²) in [4.78, 5) is 13.8. The molecule has 0 unspecified atom stereocenters. The molecule has 160 valence electrons. The molecule has 1 aromatic carbocycles. The quantitative estimate of drug-likeness (QED) is 0.490. The maximum atomic E-state index is 13.0. The molecule has 3 aromatic rings. The number of halogens is 2. The average Bonchev–Trinajstić information content (AvgIpc) is 3.38. The number of fused-ring (bicyclic) bond motifs is 1. The number of aryl methyl sites for hydroxylation is 1. The molecule has 1 aliphatic rings. The zero-order chi connectivity index (χ0) is 21.1. The van der Waals surface area contributed by atoms with Gasteiger partial charge in [-0.2, -0.15) is 4.98 Å². The third-order valence-corrected chi connectivity index (χ3v) is 6.50. The van der Waals surface area contributed by atoms with Gasteiger partial charge in [0.05, 0.1) is 27.5 Å². The van der Waals surface area contributed by atoms with Gasteiger partial charge in [-0.25, -0.2) is 18.7 Å². The van der Waals surface area contributed by atoms with Gasteiger partial charge in [-0.3, -0.25) is 0 Å². The predicted molar refractivity (Wildman–Crippen MR) is 117 cm³/mol. The van der Waals surface area contributed by atoms with E-state index in [-0.39, 0.29) is 24.5 Å². The lowest BCUT2D eigenvalue weighted by Crippen LogP contribution is -2.26. The topological polar surface area (TPSA) is 83.0 Å². The Morgan fingerprint density at radius 2 is 1.97 bits per heavy atom. The van der Waals surface area contributed by atoms with Crippen molar-refractivity contribution in [3.63, 3.8) is 0 Å². The van der Waals surface area contributed by atoms with Crippen LogP contribution in [0.2, 0.25) is 0 Å². The molecule has 0 radical (unpaired) electrons. The first-order valence-electron chi connectivity index (χ1n) is 10.1. The second-order valence-corrected chi connectivity index (χ2v) is 8.73. The van der Waals surface area contributed by atoms with Crippen molar-refractivity contribution in [1.29, 1.82) is 0 Å². The smallest absolute Gasteiger partial charge is 0.225 e. The second kappa shape index (κ2) is 9.18. The molecule has 0 amide bonds. The van der Waals surface area contributed by atoms with Crippen molar-refractivity contribution in [2.24, 2.45) is 5.92 Å². The Kier molecular flexibility index (Phi) is 6.38. The normalized spacial score (nSPS) is 19.0. The van der Waals surface area contributed by atoms with Crippen molar-refractivity contribution in [3.8, 4) is 10.6 Å². The molecule has 0 aliphatic heterocycles. The van der Waals surface area contributed by atoms with Crippen molar-refractivity contribution >= 4 is 33.3 Å². The van der Waals surface area contributed by atoms with Gasteiger partial charge < -0.3 is 15.7 Å². The summed E-state index contributed by atoms with van der Waals surface area (Å²) < 4.78 is 27.1. The molecule has 9 heteroatoms. The minimum Gasteiger partial charge on any atom is -0.396 e. The monoisotopic (exact) mass is 433 g/mol. The number of benzene rings is 1. The van der Waals surface area contributed by atoms with E-state index in [0.29, 0.717) is 11.5 Å². The van der Waals surface area contributed by atoms with Gasteiger partial charge in [0.1, 0.15) is 24.2 Å².